The largest absolute Gasteiger partial charge is 0.452 e. The number of nitrogens with one attached hydrogen (secondary N) is 1. The van der Waals surface area contributed by atoms with Gasteiger partial charge in [-0.2, -0.15) is 0 Å². The molecule has 1 amide bonds. The number of hydrogen-bond donors (Lipinski definition) is 2. The summed E-state index contributed by atoms with van der Waals surface area (Å²) in [5.41, 5.74) is 5.50. The first-order chi connectivity index (χ1) is 12.3. The van der Waals surface area contributed by atoms with E-state index in [1.54, 1.807) is 24.4 Å². The van der Waals surface area contributed by atoms with Gasteiger partial charge in [0.05, 0.1) is 30.5 Å². The summed E-state index contributed by atoms with van der Waals surface area (Å²) in [6.07, 6.45) is 8.43. The number of hydrogen-bond acceptors (Lipinski definition) is 7. The lowest BCUT2D eigenvalue weighted by molar-refractivity contribution is 0.102. The molecule has 0 spiro atoms. The van der Waals surface area contributed by atoms with E-state index in [0.29, 0.717) is 17.3 Å². The van der Waals surface area contributed by atoms with Crippen molar-refractivity contribution in [3.8, 4) is 11.5 Å². The van der Waals surface area contributed by atoms with Crippen LogP contribution in [-0.2, 0) is 0 Å². The van der Waals surface area contributed by atoms with Crippen LogP contribution in [0.5, 0.6) is 11.5 Å². The molecule has 0 aliphatic heterocycles. The average molecular weight is 337 g/mol. The number of nitrogens with zero attached hydrogens (tertiary/aromatic N) is 5. The minimum atomic E-state index is -0.443. The smallest absolute Gasteiger partial charge is 0.260 e. The monoisotopic (exact) mass is 337 g/mol. The Balaban J connectivity index is 0.00000243. The van der Waals surface area contributed by atoms with Crippen LogP contribution in [0.4, 0.5) is 11.6 Å². The number of ether oxygens (including phenoxy) is 1. The maximum absolute atomic E-state index is 12.5. The maximum Gasteiger partial charge on any atom is 0.260 e. The van der Waals surface area contributed by atoms with E-state index < -0.39 is 5.91 Å². The summed E-state index contributed by atoms with van der Waals surface area (Å²) in [4.78, 5) is 32.3. The minimum absolute atomic E-state index is 0. The van der Waals surface area contributed by atoms with Gasteiger partial charge in [-0.3, -0.25) is 4.79 Å². The fourth-order valence-corrected chi connectivity index (χ4v) is 1.93. The Hall–Kier alpha value is -3.88. The highest BCUT2D eigenvalue weighted by Gasteiger charge is 2.15. The minimum Gasteiger partial charge on any atom is -0.452 e. The summed E-state index contributed by atoms with van der Waals surface area (Å²) in [6.45, 7) is 0. The number of aliphatic imine (C=N–C) groups is 1. The molecule has 0 saturated heterocycles. The van der Waals surface area contributed by atoms with Crippen molar-refractivity contribution < 1.29 is 11.0 Å². The number of aromatic nitrogens is 4. The Morgan fingerprint density at radius 3 is 2.76 bits per heavy atom. The number of anilines is 1. The lowest BCUT2D eigenvalue weighted by atomic mass is 10.2. The molecule has 0 bridgehead atoms. The zero-order valence-corrected chi connectivity index (χ0v) is 12.9. The molecule has 126 valence electrons. The van der Waals surface area contributed by atoms with E-state index >= 15 is 0 Å². The van der Waals surface area contributed by atoms with Gasteiger partial charge in [0.15, 0.2) is 11.6 Å². The van der Waals surface area contributed by atoms with Gasteiger partial charge in [0.2, 0.25) is 0 Å². The third-order valence-electron chi connectivity index (χ3n) is 2.96. The topological polar surface area (TPSA) is 128 Å². The Morgan fingerprint density at radius 2 is 2.04 bits per heavy atom. The number of carbonyl (C=O) groups excluding carboxylic acids is 1. The number of amides is 1. The molecule has 3 aromatic heterocycles. The summed E-state index contributed by atoms with van der Waals surface area (Å²) < 4.78 is 5.59. The summed E-state index contributed by atoms with van der Waals surface area (Å²) in [6, 6.07) is 6.67. The molecule has 9 nitrogen and oxygen atoms in total. The molecular formula is C16H15N7O2. The summed E-state index contributed by atoms with van der Waals surface area (Å²) in [5, 5.41) is 2.66. The van der Waals surface area contributed by atoms with Crippen LogP contribution >= 0.6 is 0 Å². The highest BCUT2D eigenvalue weighted by Crippen LogP contribution is 2.25. The predicted octanol–water partition coefficient (Wildman–Crippen LogP) is 2.18. The van der Waals surface area contributed by atoms with Gasteiger partial charge >= 0.3 is 0 Å². The molecule has 3 N–H and O–H groups in total. The molecule has 0 atom stereocenters. The molecule has 0 aliphatic rings. The number of rotatable bonds is 5. The molecule has 3 rings (SSSR count). The average Bonchev–Trinajstić information content (AvgIpc) is 2.65. The molecule has 9 heteroatoms. The lowest BCUT2D eigenvalue weighted by Gasteiger charge is -2.09. The Morgan fingerprint density at radius 1 is 1.20 bits per heavy atom. The Bertz CT molecular complexity index is 892. The van der Waals surface area contributed by atoms with Gasteiger partial charge in [-0.15, -0.1) is 0 Å². The van der Waals surface area contributed by atoms with E-state index in [9.17, 15) is 4.79 Å². The van der Waals surface area contributed by atoms with E-state index in [2.05, 4.69) is 30.2 Å². The molecule has 0 saturated carbocycles. The van der Waals surface area contributed by atoms with Gasteiger partial charge in [-0.1, -0.05) is 6.07 Å². The molecule has 25 heavy (non-hydrogen) atoms. The van der Waals surface area contributed by atoms with Gasteiger partial charge in [0.1, 0.15) is 17.9 Å². The van der Waals surface area contributed by atoms with Crippen molar-refractivity contribution in [3.05, 3.63) is 60.9 Å². The van der Waals surface area contributed by atoms with Crippen molar-refractivity contribution in [1.29, 1.82) is 0 Å². The number of nitrogens with two attached hydrogens (primary N) is 1. The lowest BCUT2D eigenvalue weighted by Crippen LogP contribution is -2.14. The number of carbonyl (C=O) groups is 1. The first-order valence-electron chi connectivity index (χ1n) is 7.16. The van der Waals surface area contributed by atoms with Crippen LogP contribution in [0.25, 0.3) is 0 Å². The SMILES string of the molecule is N/C=N\c1ncc(Oc2cncnc2)cc1C(=O)Nc1ccccn1.[HH]. The van der Waals surface area contributed by atoms with E-state index in [0.717, 1.165) is 6.34 Å². The summed E-state index contributed by atoms with van der Waals surface area (Å²) >= 11 is 0. The molecule has 3 heterocycles. The zero-order chi connectivity index (χ0) is 17.5. The third-order valence-corrected chi connectivity index (χ3v) is 2.96. The number of pyridine rings is 2. The van der Waals surface area contributed by atoms with Gasteiger partial charge in [0.25, 0.3) is 5.91 Å². The Kier molecular flexibility index (Phi) is 4.86. The van der Waals surface area contributed by atoms with Crippen LogP contribution in [-0.4, -0.2) is 32.2 Å². The van der Waals surface area contributed by atoms with Crippen LogP contribution in [0.15, 0.2) is 60.4 Å². The molecule has 0 aliphatic carbocycles. The van der Waals surface area contributed by atoms with Crippen molar-refractivity contribution in [2.24, 2.45) is 10.7 Å². The second-order valence-electron chi connectivity index (χ2n) is 4.67. The summed E-state index contributed by atoms with van der Waals surface area (Å²) in [5.74, 6) is 0.861. The predicted molar refractivity (Wildman–Crippen MR) is 93.0 cm³/mol. The van der Waals surface area contributed by atoms with Crippen molar-refractivity contribution in [2.45, 2.75) is 0 Å². The first kappa shape index (κ1) is 16.0. The second-order valence-corrected chi connectivity index (χ2v) is 4.67. The quantitative estimate of drug-likeness (QED) is 0.539. The molecule has 0 radical (unpaired) electrons. The van der Waals surface area contributed by atoms with E-state index in [1.165, 1.54) is 31.0 Å². The van der Waals surface area contributed by atoms with Gasteiger partial charge < -0.3 is 15.8 Å². The second kappa shape index (κ2) is 7.59. The first-order valence-corrected chi connectivity index (χ1v) is 7.16. The van der Waals surface area contributed by atoms with Gasteiger partial charge in [0, 0.05) is 7.62 Å². The van der Waals surface area contributed by atoms with Crippen LogP contribution in [0.1, 0.15) is 11.8 Å². The zero-order valence-electron chi connectivity index (χ0n) is 12.9. The molecule has 0 unspecified atom stereocenters. The van der Waals surface area contributed by atoms with E-state index in [1.807, 2.05) is 0 Å². The van der Waals surface area contributed by atoms with Crippen LogP contribution in [0, 0.1) is 0 Å². The summed E-state index contributed by atoms with van der Waals surface area (Å²) in [7, 11) is 0. The highest BCUT2D eigenvalue weighted by atomic mass is 16.5. The fraction of sp³-hybridized carbons (Fsp3) is 0. The van der Waals surface area contributed by atoms with Crippen LogP contribution in [0.2, 0.25) is 0 Å². The van der Waals surface area contributed by atoms with Crippen molar-refractivity contribution in [3.63, 3.8) is 0 Å². The Labute approximate surface area is 144 Å². The normalized spacial score (nSPS) is 10.6. The standard InChI is InChI=1S/C16H13N7O2.H2/c17-9-22-15-13(16(24)23-14-3-1-2-4-20-14)5-11(8-21-15)25-12-6-18-10-19-7-12;/h1-10H,(H2,17,21,22)(H,20,23,24);1H. The third kappa shape index (κ3) is 4.10. The van der Waals surface area contributed by atoms with Crippen molar-refractivity contribution in [1.82, 2.24) is 19.9 Å². The maximum atomic E-state index is 12.5. The van der Waals surface area contributed by atoms with Crippen LogP contribution < -0.4 is 15.8 Å². The molecular weight excluding hydrogens is 322 g/mol. The molecule has 0 fully saturated rings. The highest BCUT2D eigenvalue weighted by molar-refractivity contribution is 6.07. The van der Waals surface area contributed by atoms with E-state index in [-0.39, 0.29) is 12.8 Å². The van der Waals surface area contributed by atoms with Crippen molar-refractivity contribution in [2.75, 3.05) is 5.32 Å². The van der Waals surface area contributed by atoms with E-state index in [4.69, 9.17) is 10.5 Å². The molecule has 0 aromatic carbocycles. The van der Waals surface area contributed by atoms with Gasteiger partial charge in [-0.05, 0) is 18.2 Å². The van der Waals surface area contributed by atoms with Gasteiger partial charge in [-0.25, -0.2) is 24.9 Å². The molecule has 3 aromatic rings. The van der Waals surface area contributed by atoms with Crippen LogP contribution in [0.3, 0.4) is 0 Å². The van der Waals surface area contributed by atoms with Crippen molar-refractivity contribution >= 4 is 23.9 Å². The fourth-order valence-electron chi connectivity index (χ4n) is 1.93.